The van der Waals surface area contributed by atoms with E-state index in [1.807, 2.05) is 38.1 Å². The molecule has 2 unspecified atom stereocenters. The number of carboxylic acids is 1. The van der Waals surface area contributed by atoms with Gasteiger partial charge in [0, 0.05) is 10.4 Å². The zero-order chi connectivity index (χ0) is 20.4. The van der Waals surface area contributed by atoms with E-state index in [2.05, 4.69) is 5.32 Å². The normalized spacial score (nSPS) is 19.2. The predicted octanol–water partition coefficient (Wildman–Crippen LogP) is 3.96. The van der Waals surface area contributed by atoms with Crippen LogP contribution in [0.5, 0.6) is 0 Å². The van der Waals surface area contributed by atoms with Crippen molar-refractivity contribution in [2.24, 2.45) is 17.6 Å². The van der Waals surface area contributed by atoms with Gasteiger partial charge < -0.3 is 16.2 Å². The molecule has 1 aromatic heterocycles. The number of rotatable bonds is 5. The molecule has 1 aliphatic carbocycles. The third kappa shape index (κ3) is 3.94. The molecule has 0 aliphatic heterocycles. The number of thiophene rings is 1. The van der Waals surface area contributed by atoms with Gasteiger partial charge in [0.25, 0.3) is 5.91 Å². The maximum atomic E-state index is 12.8. The Morgan fingerprint density at radius 3 is 2.25 bits per heavy atom. The summed E-state index contributed by atoms with van der Waals surface area (Å²) in [6, 6.07) is 7.75. The van der Waals surface area contributed by atoms with E-state index in [4.69, 9.17) is 5.73 Å². The lowest BCUT2D eigenvalue weighted by molar-refractivity contribution is -0.147. The summed E-state index contributed by atoms with van der Waals surface area (Å²) < 4.78 is 0. The van der Waals surface area contributed by atoms with Gasteiger partial charge in [-0.05, 0) is 32.3 Å². The van der Waals surface area contributed by atoms with Gasteiger partial charge in [-0.2, -0.15) is 0 Å². The Bertz CT molecular complexity index is 917. The van der Waals surface area contributed by atoms with E-state index in [9.17, 15) is 19.5 Å². The molecule has 1 aromatic carbocycles. The fourth-order valence-electron chi connectivity index (χ4n) is 3.88. The second kappa shape index (κ2) is 8.14. The number of nitrogens with two attached hydrogens (primary N) is 1. The highest BCUT2D eigenvalue weighted by Gasteiger charge is 2.36. The van der Waals surface area contributed by atoms with Crippen molar-refractivity contribution in [2.45, 2.75) is 39.5 Å². The van der Waals surface area contributed by atoms with Gasteiger partial charge in [-0.15, -0.1) is 11.3 Å². The Morgan fingerprint density at radius 1 is 1.07 bits per heavy atom. The van der Waals surface area contributed by atoms with Gasteiger partial charge in [0.05, 0.1) is 17.4 Å². The summed E-state index contributed by atoms with van der Waals surface area (Å²) in [6.45, 7) is 3.86. The number of amides is 2. The van der Waals surface area contributed by atoms with Crippen molar-refractivity contribution in [1.82, 2.24) is 0 Å². The third-order valence-electron chi connectivity index (χ3n) is 5.33. The van der Waals surface area contributed by atoms with Crippen molar-refractivity contribution in [2.75, 3.05) is 5.32 Å². The molecule has 1 heterocycles. The SMILES string of the molecule is Cc1ccc(-c2c(C)sc(NC(=O)C3CCCCC3C(=O)O)c2C(N)=O)cc1. The van der Waals surface area contributed by atoms with Crippen LogP contribution in [0.3, 0.4) is 0 Å². The number of nitrogens with one attached hydrogen (secondary N) is 1. The van der Waals surface area contributed by atoms with Crippen LogP contribution in [0, 0.1) is 25.7 Å². The van der Waals surface area contributed by atoms with Crippen LogP contribution >= 0.6 is 11.3 Å². The molecule has 2 amide bonds. The fraction of sp³-hybridized carbons (Fsp3) is 0.381. The summed E-state index contributed by atoms with van der Waals surface area (Å²) in [7, 11) is 0. The molecule has 0 spiro atoms. The number of anilines is 1. The van der Waals surface area contributed by atoms with Crippen LogP contribution in [0.4, 0.5) is 5.00 Å². The number of aryl methyl sites for hydroxylation is 2. The van der Waals surface area contributed by atoms with Crippen LogP contribution in [0.25, 0.3) is 11.1 Å². The van der Waals surface area contributed by atoms with Crippen LogP contribution in [0.15, 0.2) is 24.3 Å². The molecule has 1 fully saturated rings. The molecule has 2 aromatic rings. The maximum Gasteiger partial charge on any atom is 0.307 e. The van der Waals surface area contributed by atoms with Crippen molar-refractivity contribution in [3.63, 3.8) is 0 Å². The molecule has 0 bridgehead atoms. The molecule has 3 rings (SSSR count). The average molecular weight is 401 g/mol. The van der Waals surface area contributed by atoms with E-state index in [0.29, 0.717) is 23.4 Å². The molecule has 2 atom stereocenters. The predicted molar refractivity (Wildman–Crippen MR) is 109 cm³/mol. The molecule has 7 heteroatoms. The highest BCUT2D eigenvalue weighted by Crippen LogP contribution is 2.40. The van der Waals surface area contributed by atoms with E-state index in [1.54, 1.807) is 0 Å². The summed E-state index contributed by atoms with van der Waals surface area (Å²) in [4.78, 5) is 37.4. The molecule has 1 aliphatic rings. The minimum absolute atomic E-state index is 0.280. The van der Waals surface area contributed by atoms with Gasteiger partial charge in [0.1, 0.15) is 5.00 Å². The van der Waals surface area contributed by atoms with Gasteiger partial charge in [0.15, 0.2) is 0 Å². The van der Waals surface area contributed by atoms with Crippen LogP contribution in [-0.2, 0) is 9.59 Å². The first-order valence-electron chi connectivity index (χ1n) is 9.33. The summed E-state index contributed by atoms with van der Waals surface area (Å²) in [5, 5.41) is 12.6. The standard InChI is InChI=1S/C21H24N2O4S/c1-11-7-9-13(10-8-11)16-12(2)28-20(17(16)18(22)24)23-19(25)14-5-3-4-6-15(14)21(26)27/h7-10,14-15H,3-6H2,1-2H3,(H2,22,24)(H,23,25)(H,26,27). The average Bonchev–Trinajstić information content (AvgIpc) is 2.98. The monoisotopic (exact) mass is 400 g/mol. The quantitative estimate of drug-likeness (QED) is 0.705. The highest BCUT2D eigenvalue weighted by molar-refractivity contribution is 7.17. The zero-order valence-corrected chi connectivity index (χ0v) is 16.8. The number of aliphatic carboxylic acids is 1. The van der Waals surface area contributed by atoms with Gasteiger partial charge in [-0.1, -0.05) is 42.7 Å². The molecule has 0 saturated heterocycles. The summed E-state index contributed by atoms with van der Waals surface area (Å²) in [5.74, 6) is -3.21. The molecular formula is C21H24N2O4S. The van der Waals surface area contributed by atoms with E-state index in [0.717, 1.165) is 28.8 Å². The summed E-state index contributed by atoms with van der Waals surface area (Å²) >= 11 is 1.29. The van der Waals surface area contributed by atoms with E-state index < -0.39 is 23.7 Å². The minimum atomic E-state index is -0.947. The lowest BCUT2D eigenvalue weighted by Gasteiger charge is -2.27. The Hall–Kier alpha value is -2.67. The molecule has 148 valence electrons. The van der Waals surface area contributed by atoms with Crippen LogP contribution in [-0.4, -0.2) is 22.9 Å². The van der Waals surface area contributed by atoms with Crippen molar-refractivity contribution in [3.8, 4) is 11.1 Å². The molecule has 1 saturated carbocycles. The number of primary amides is 1. The lowest BCUT2D eigenvalue weighted by Crippen LogP contribution is -2.36. The molecule has 0 radical (unpaired) electrons. The third-order valence-corrected chi connectivity index (χ3v) is 6.35. The summed E-state index contributed by atoms with van der Waals surface area (Å²) in [5.41, 5.74) is 8.60. The topological polar surface area (TPSA) is 109 Å². The number of benzene rings is 1. The fourth-order valence-corrected chi connectivity index (χ4v) is 4.97. The lowest BCUT2D eigenvalue weighted by atomic mass is 9.78. The van der Waals surface area contributed by atoms with Crippen LogP contribution < -0.4 is 11.1 Å². The van der Waals surface area contributed by atoms with Crippen LogP contribution in [0.2, 0.25) is 0 Å². The number of hydrogen-bond acceptors (Lipinski definition) is 4. The van der Waals surface area contributed by atoms with Gasteiger partial charge in [-0.3, -0.25) is 14.4 Å². The van der Waals surface area contributed by atoms with E-state index >= 15 is 0 Å². The Morgan fingerprint density at radius 2 is 1.68 bits per heavy atom. The summed E-state index contributed by atoms with van der Waals surface area (Å²) in [6.07, 6.45) is 2.66. The minimum Gasteiger partial charge on any atom is -0.481 e. The number of carboxylic acid groups (broad SMARTS) is 1. The molecule has 6 nitrogen and oxygen atoms in total. The molecule has 4 N–H and O–H groups in total. The van der Waals surface area contributed by atoms with E-state index in [1.165, 1.54) is 11.3 Å². The van der Waals surface area contributed by atoms with Crippen LogP contribution in [0.1, 0.15) is 46.5 Å². The molecular weight excluding hydrogens is 376 g/mol. The maximum absolute atomic E-state index is 12.8. The second-order valence-electron chi connectivity index (χ2n) is 7.29. The van der Waals surface area contributed by atoms with Gasteiger partial charge in [-0.25, -0.2) is 0 Å². The first-order chi connectivity index (χ1) is 13.3. The van der Waals surface area contributed by atoms with Crippen molar-refractivity contribution in [3.05, 3.63) is 40.3 Å². The Balaban J connectivity index is 1.95. The number of carbonyl (C=O) groups is 3. The number of hydrogen-bond donors (Lipinski definition) is 3. The molecule has 28 heavy (non-hydrogen) atoms. The van der Waals surface area contributed by atoms with Gasteiger partial charge in [0.2, 0.25) is 5.91 Å². The highest BCUT2D eigenvalue weighted by atomic mass is 32.1. The Kier molecular flexibility index (Phi) is 5.84. The first-order valence-corrected chi connectivity index (χ1v) is 10.1. The van der Waals surface area contributed by atoms with Crippen molar-refractivity contribution >= 4 is 34.1 Å². The number of carbonyl (C=O) groups excluding carboxylic acids is 2. The largest absolute Gasteiger partial charge is 0.481 e. The van der Waals surface area contributed by atoms with Gasteiger partial charge >= 0.3 is 5.97 Å². The van der Waals surface area contributed by atoms with Crippen molar-refractivity contribution in [1.29, 1.82) is 0 Å². The zero-order valence-electron chi connectivity index (χ0n) is 16.0. The first kappa shape index (κ1) is 20.1. The smallest absolute Gasteiger partial charge is 0.307 e. The van der Waals surface area contributed by atoms with E-state index in [-0.39, 0.29) is 11.5 Å². The van der Waals surface area contributed by atoms with Crippen molar-refractivity contribution < 1.29 is 19.5 Å². The second-order valence-corrected chi connectivity index (χ2v) is 8.52. The Labute approximate surface area is 167 Å².